The average molecular weight is 199 g/mol. The van der Waals surface area contributed by atoms with Crippen LogP contribution in [0, 0.1) is 0 Å². The van der Waals surface area contributed by atoms with Crippen LogP contribution >= 0.6 is 0 Å². The average Bonchev–Trinajstić information content (AvgIpc) is 2.30. The molecule has 0 N–H and O–H groups in total. The molecule has 0 fully saturated rings. The fourth-order valence-electron chi connectivity index (χ4n) is 1.47. The molecule has 0 spiro atoms. The smallest absolute Gasteiger partial charge is 0.116 e. The lowest BCUT2D eigenvalue weighted by molar-refractivity contribution is 1.07. The molecule has 0 atom stereocenters. The third kappa shape index (κ3) is 1.96. The highest BCUT2D eigenvalue weighted by molar-refractivity contribution is 5.73. The largest absolute Gasteiger partial charge is 0.375 e. The van der Waals surface area contributed by atoms with Gasteiger partial charge in [0.2, 0.25) is 0 Å². The Bertz CT molecular complexity index is 438. The van der Waals surface area contributed by atoms with Crippen molar-refractivity contribution < 1.29 is 0 Å². The molecule has 0 aliphatic carbocycles. The molecule has 2 aromatic rings. The first kappa shape index (κ1) is 9.65. The molecule has 0 unspecified atom stereocenters. The minimum atomic E-state index is 0.968. The van der Waals surface area contributed by atoms with Crippen molar-refractivity contribution >= 4 is 5.69 Å². The third-order valence-electron chi connectivity index (χ3n) is 2.22. The van der Waals surface area contributed by atoms with Crippen LogP contribution in [0.4, 0.5) is 5.69 Å². The van der Waals surface area contributed by atoms with Gasteiger partial charge in [0, 0.05) is 19.7 Å². The summed E-state index contributed by atoms with van der Waals surface area (Å²) in [5.74, 6) is 0. The molecule has 76 valence electrons. The van der Waals surface area contributed by atoms with Crippen LogP contribution in [-0.4, -0.2) is 24.1 Å². The van der Waals surface area contributed by atoms with Gasteiger partial charge in [0.05, 0.1) is 17.6 Å². The molecule has 0 aliphatic heterocycles. The number of nitrogens with zero attached hydrogens (tertiary/aromatic N) is 3. The van der Waals surface area contributed by atoms with Crippen LogP contribution in [0.15, 0.2) is 42.9 Å². The number of rotatable bonds is 2. The molecule has 0 aliphatic rings. The Kier molecular flexibility index (Phi) is 2.63. The van der Waals surface area contributed by atoms with Gasteiger partial charge in [-0.2, -0.15) is 0 Å². The van der Waals surface area contributed by atoms with Crippen molar-refractivity contribution in [3.8, 4) is 11.3 Å². The maximum absolute atomic E-state index is 4.32. The second-order valence-corrected chi connectivity index (χ2v) is 3.52. The second-order valence-electron chi connectivity index (χ2n) is 3.52. The van der Waals surface area contributed by atoms with Crippen molar-refractivity contribution in [3.05, 3.63) is 42.9 Å². The predicted octanol–water partition coefficient (Wildman–Crippen LogP) is 2.21. The minimum absolute atomic E-state index is 0.968. The predicted molar refractivity (Wildman–Crippen MR) is 61.8 cm³/mol. The first-order valence-corrected chi connectivity index (χ1v) is 4.82. The summed E-state index contributed by atoms with van der Waals surface area (Å²) in [5, 5.41) is 0. The van der Waals surface area contributed by atoms with E-state index in [1.807, 2.05) is 43.4 Å². The number of hydrogen-bond donors (Lipinski definition) is 0. The summed E-state index contributed by atoms with van der Waals surface area (Å²) in [6.07, 6.45) is 3.41. The van der Waals surface area contributed by atoms with E-state index in [2.05, 4.69) is 22.1 Å². The molecule has 1 heterocycles. The fraction of sp³-hybridized carbons (Fsp3) is 0.167. The Morgan fingerprint density at radius 1 is 1.07 bits per heavy atom. The summed E-state index contributed by atoms with van der Waals surface area (Å²) in [7, 11) is 3.98. The van der Waals surface area contributed by atoms with Crippen molar-refractivity contribution in [1.82, 2.24) is 9.97 Å². The Hall–Kier alpha value is -1.90. The third-order valence-corrected chi connectivity index (χ3v) is 2.22. The Morgan fingerprint density at radius 3 is 2.47 bits per heavy atom. The van der Waals surface area contributed by atoms with Gasteiger partial charge in [-0.25, -0.2) is 9.97 Å². The van der Waals surface area contributed by atoms with Crippen molar-refractivity contribution in [2.75, 3.05) is 19.0 Å². The van der Waals surface area contributed by atoms with E-state index in [0.29, 0.717) is 0 Å². The molecule has 0 bridgehead atoms. The number of anilines is 1. The highest BCUT2D eigenvalue weighted by Gasteiger charge is 2.07. The Morgan fingerprint density at radius 2 is 1.80 bits per heavy atom. The van der Waals surface area contributed by atoms with Crippen molar-refractivity contribution in [3.63, 3.8) is 0 Å². The van der Waals surface area contributed by atoms with Gasteiger partial charge in [-0.3, -0.25) is 0 Å². The van der Waals surface area contributed by atoms with E-state index in [1.165, 1.54) is 0 Å². The van der Waals surface area contributed by atoms with Crippen LogP contribution in [0.25, 0.3) is 11.3 Å². The fourth-order valence-corrected chi connectivity index (χ4v) is 1.47. The van der Waals surface area contributed by atoms with Crippen LogP contribution in [0.1, 0.15) is 0 Å². The van der Waals surface area contributed by atoms with E-state index in [-0.39, 0.29) is 0 Å². The summed E-state index contributed by atoms with van der Waals surface area (Å²) < 4.78 is 0. The zero-order valence-corrected chi connectivity index (χ0v) is 8.88. The van der Waals surface area contributed by atoms with E-state index in [9.17, 15) is 0 Å². The van der Waals surface area contributed by atoms with Crippen LogP contribution in [-0.2, 0) is 0 Å². The van der Waals surface area contributed by atoms with Gasteiger partial charge in [-0.15, -0.1) is 0 Å². The monoisotopic (exact) mass is 199 g/mol. The standard InChI is InChI=1S/C12H13N3/c1-15(2)11-8-13-9-14-12(11)10-6-4-3-5-7-10/h3-9H,1-2H3. The van der Waals surface area contributed by atoms with Crippen molar-refractivity contribution in [2.45, 2.75) is 0 Å². The van der Waals surface area contributed by atoms with E-state index in [0.717, 1.165) is 16.9 Å². The molecular weight excluding hydrogens is 186 g/mol. The zero-order chi connectivity index (χ0) is 10.7. The lowest BCUT2D eigenvalue weighted by Crippen LogP contribution is -2.11. The maximum atomic E-state index is 4.32. The number of hydrogen-bond acceptors (Lipinski definition) is 3. The topological polar surface area (TPSA) is 29.0 Å². The van der Waals surface area contributed by atoms with Gasteiger partial charge >= 0.3 is 0 Å². The molecule has 1 aromatic heterocycles. The van der Waals surface area contributed by atoms with Gasteiger partial charge in [0.15, 0.2) is 0 Å². The summed E-state index contributed by atoms with van der Waals surface area (Å²) >= 11 is 0. The summed E-state index contributed by atoms with van der Waals surface area (Å²) in [4.78, 5) is 10.4. The van der Waals surface area contributed by atoms with Crippen molar-refractivity contribution in [1.29, 1.82) is 0 Å². The van der Waals surface area contributed by atoms with Gasteiger partial charge in [-0.1, -0.05) is 30.3 Å². The van der Waals surface area contributed by atoms with Gasteiger partial charge in [0.1, 0.15) is 6.33 Å². The molecule has 3 heteroatoms. The number of aromatic nitrogens is 2. The highest BCUT2D eigenvalue weighted by Crippen LogP contribution is 2.25. The van der Waals surface area contributed by atoms with Gasteiger partial charge in [-0.05, 0) is 0 Å². The van der Waals surface area contributed by atoms with E-state index in [1.54, 1.807) is 6.33 Å². The minimum Gasteiger partial charge on any atom is -0.375 e. The first-order chi connectivity index (χ1) is 7.29. The van der Waals surface area contributed by atoms with E-state index >= 15 is 0 Å². The quantitative estimate of drug-likeness (QED) is 0.742. The van der Waals surface area contributed by atoms with Crippen LogP contribution in [0.3, 0.4) is 0 Å². The van der Waals surface area contributed by atoms with Crippen LogP contribution in [0.5, 0.6) is 0 Å². The molecule has 15 heavy (non-hydrogen) atoms. The lowest BCUT2D eigenvalue weighted by Gasteiger charge is -2.15. The first-order valence-electron chi connectivity index (χ1n) is 4.82. The summed E-state index contributed by atoms with van der Waals surface area (Å²) in [5.41, 5.74) is 3.11. The normalized spacial score (nSPS) is 10.0. The summed E-state index contributed by atoms with van der Waals surface area (Å²) in [6.45, 7) is 0. The molecule has 0 amide bonds. The SMILES string of the molecule is CN(C)c1cncnc1-c1ccccc1. The molecule has 2 rings (SSSR count). The van der Waals surface area contributed by atoms with Crippen molar-refractivity contribution in [2.24, 2.45) is 0 Å². The molecule has 0 radical (unpaired) electrons. The van der Waals surface area contributed by atoms with E-state index in [4.69, 9.17) is 0 Å². The molecule has 0 saturated heterocycles. The zero-order valence-electron chi connectivity index (χ0n) is 8.88. The molecule has 1 aromatic carbocycles. The van der Waals surface area contributed by atoms with Crippen LogP contribution in [0.2, 0.25) is 0 Å². The lowest BCUT2D eigenvalue weighted by atomic mass is 10.1. The number of benzene rings is 1. The van der Waals surface area contributed by atoms with Gasteiger partial charge in [0.25, 0.3) is 0 Å². The second kappa shape index (κ2) is 4.09. The summed E-state index contributed by atoms with van der Waals surface area (Å²) in [6, 6.07) is 10.1. The molecule has 0 saturated carbocycles. The highest BCUT2D eigenvalue weighted by atomic mass is 15.1. The molecular formula is C12H13N3. The maximum Gasteiger partial charge on any atom is 0.116 e. The van der Waals surface area contributed by atoms with E-state index < -0.39 is 0 Å². The van der Waals surface area contributed by atoms with Gasteiger partial charge < -0.3 is 4.90 Å². The Labute approximate surface area is 89.4 Å². The molecule has 3 nitrogen and oxygen atoms in total. The Balaban J connectivity index is 2.53. The van der Waals surface area contributed by atoms with Crippen LogP contribution < -0.4 is 4.90 Å².